The van der Waals surface area contributed by atoms with Gasteiger partial charge >= 0.3 is 35.8 Å². The van der Waals surface area contributed by atoms with E-state index in [0.29, 0.717) is 0 Å². The van der Waals surface area contributed by atoms with Crippen molar-refractivity contribution in [3.63, 3.8) is 0 Å². The van der Waals surface area contributed by atoms with E-state index in [0.717, 1.165) is 41.5 Å². The minimum Gasteiger partial charge on any atom is -0.460 e. The molecule has 10 atom stereocenters. The highest BCUT2D eigenvalue weighted by Crippen LogP contribution is 2.22. The monoisotopic (exact) mass is 614 g/mol. The number of carbonyl (C=O) groups is 6. The fourth-order valence-electron chi connectivity index (χ4n) is 2.63. The van der Waals surface area contributed by atoms with Gasteiger partial charge in [-0.15, -0.1) is 0 Å². The standard InChI is InChI=1S/C24H38O18/c1-9(25)19(31)37-7-15(39-21(33)11(3)27)17(41-23(35)13(5)29)18(42-24(36)14(6)30)16(40-22(34)12(4)28)8-38-20(32)10(2)26/h9-18,25-30H,7-8H2,1-6H3/t9?,10?,11?,12?,13?,14?,15-,16+,17-,18-/m1/s1. The first-order valence-electron chi connectivity index (χ1n) is 12.5. The summed E-state index contributed by atoms with van der Waals surface area (Å²) in [5.74, 6) is -8.34. The Kier molecular flexibility index (Phi) is 16.7. The van der Waals surface area contributed by atoms with Crippen LogP contribution in [-0.4, -0.2) is 141 Å². The van der Waals surface area contributed by atoms with Crippen LogP contribution in [0.25, 0.3) is 0 Å². The number of rotatable bonds is 17. The average molecular weight is 615 g/mol. The van der Waals surface area contributed by atoms with Crippen LogP contribution >= 0.6 is 0 Å². The number of aliphatic hydroxyl groups excluding tert-OH is 6. The zero-order chi connectivity index (χ0) is 32.9. The van der Waals surface area contributed by atoms with Crippen molar-refractivity contribution in [2.75, 3.05) is 13.2 Å². The first kappa shape index (κ1) is 38.6. The molecule has 6 unspecified atom stereocenters. The molecule has 0 aromatic rings. The lowest BCUT2D eigenvalue weighted by molar-refractivity contribution is -0.217. The molecule has 0 aromatic heterocycles. The van der Waals surface area contributed by atoms with Crippen molar-refractivity contribution < 1.29 is 87.8 Å². The molecule has 0 saturated heterocycles. The van der Waals surface area contributed by atoms with Crippen LogP contribution in [0.4, 0.5) is 0 Å². The summed E-state index contributed by atoms with van der Waals surface area (Å²) in [4.78, 5) is 73.5. The zero-order valence-electron chi connectivity index (χ0n) is 23.8. The first-order valence-corrected chi connectivity index (χ1v) is 12.5. The Morgan fingerprint density at radius 1 is 0.405 bits per heavy atom. The lowest BCUT2D eigenvalue weighted by Gasteiger charge is -2.36. The van der Waals surface area contributed by atoms with Crippen molar-refractivity contribution in [1.82, 2.24) is 0 Å². The van der Waals surface area contributed by atoms with E-state index in [9.17, 15) is 59.4 Å². The van der Waals surface area contributed by atoms with Crippen molar-refractivity contribution in [2.24, 2.45) is 0 Å². The van der Waals surface area contributed by atoms with E-state index in [1.54, 1.807) is 0 Å². The molecule has 0 heterocycles. The fourth-order valence-corrected chi connectivity index (χ4v) is 2.63. The minimum atomic E-state index is -2.24. The Labute approximate surface area is 240 Å². The van der Waals surface area contributed by atoms with Crippen LogP contribution in [0.5, 0.6) is 0 Å². The van der Waals surface area contributed by atoms with E-state index in [1.165, 1.54) is 0 Å². The third kappa shape index (κ3) is 13.5. The normalized spacial score (nSPS) is 18.3. The predicted octanol–water partition coefficient (Wildman–Crippen LogP) is -4.00. The van der Waals surface area contributed by atoms with Gasteiger partial charge in [-0.2, -0.15) is 0 Å². The van der Waals surface area contributed by atoms with Gasteiger partial charge in [-0.1, -0.05) is 0 Å². The highest BCUT2D eigenvalue weighted by atomic mass is 16.7. The van der Waals surface area contributed by atoms with Gasteiger partial charge in [0.2, 0.25) is 0 Å². The third-order valence-corrected chi connectivity index (χ3v) is 4.92. The summed E-state index contributed by atoms with van der Waals surface area (Å²) in [6.45, 7) is 3.68. The SMILES string of the molecule is CC(O)C(=O)OC[C@H](OC(=O)C(C)O)[C@@H](OC(=O)C(C)O)[C@H](OC(=O)C(C)O)[C@@H](COC(=O)C(C)O)OC(=O)C(C)O. The van der Waals surface area contributed by atoms with Crippen LogP contribution in [0.2, 0.25) is 0 Å². The minimum absolute atomic E-state index is 0.940. The molecule has 0 spiro atoms. The molecular formula is C24H38O18. The van der Waals surface area contributed by atoms with E-state index >= 15 is 0 Å². The molecule has 42 heavy (non-hydrogen) atoms. The molecule has 0 aliphatic heterocycles. The Balaban J connectivity index is 7.12. The number of hydrogen-bond donors (Lipinski definition) is 6. The molecule has 0 fully saturated rings. The molecule has 0 radical (unpaired) electrons. The van der Waals surface area contributed by atoms with Crippen LogP contribution < -0.4 is 0 Å². The Morgan fingerprint density at radius 3 is 0.833 bits per heavy atom. The Morgan fingerprint density at radius 2 is 0.619 bits per heavy atom. The number of ether oxygens (including phenoxy) is 6. The van der Waals surface area contributed by atoms with Gasteiger partial charge in [0.05, 0.1) is 0 Å². The van der Waals surface area contributed by atoms with Crippen LogP contribution in [0.15, 0.2) is 0 Å². The van der Waals surface area contributed by atoms with Crippen molar-refractivity contribution in [2.45, 2.75) is 103 Å². The fraction of sp³-hybridized carbons (Fsp3) is 0.750. The van der Waals surface area contributed by atoms with Crippen molar-refractivity contribution >= 4 is 35.8 Å². The summed E-state index contributed by atoms with van der Waals surface area (Å²) in [5, 5.41) is 57.8. The molecule has 18 heteroatoms. The molecule has 0 rings (SSSR count). The van der Waals surface area contributed by atoms with E-state index in [2.05, 4.69) is 0 Å². The molecule has 0 saturated carbocycles. The van der Waals surface area contributed by atoms with Gasteiger partial charge < -0.3 is 59.1 Å². The number of aliphatic hydroxyl groups is 6. The zero-order valence-corrected chi connectivity index (χ0v) is 23.8. The maximum absolute atomic E-state index is 12.5. The first-order chi connectivity index (χ1) is 19.3. The lowest BCUT2D eigenvalue weighted by Crippen LogP contribution is -2.56. The third-order valence-electron chi connectivity index (χ3n) is 4.92. The van der Waals surface area contributed by atoms with E-state index in [4.69, 9.17) is 28.4 Å². The molecule has 0 amide bonds. The van der Waals surface area contributed by atoms with Gasteiger partial charge in [-0.3, -0.25) is 0 Å². The highest BCUT2D eigenvalue weighted by molar-refractivity contribution is 5.77. The quantitative estimate of drug-likeness (QED) is 0.0672. The average Bonchev–Trinajstić information content (AvgIpc) is 2.89. The van der Waals surface area contributed by atoms with E-state index in [1.807, 2.05) is 0 Å². The maximum Gasteiger partial charge on any atom is 0.335 e. The molecular weight excluding hydrogens is 576 g/mol. The second-order valence-electron chi connectivity index (χ2n) is 9.07. The van der Waals surface area contributed by atoms with E-state index in [-0.39, 0.29) is 0 Å². The molecule has 0 bridgehead atoms. The van der Waals surface area contributed by atoms with Gasteiger partial charge in [-0.25, -0.2) is 28.8 Å². The van der Waals surface area contributed by atoms with Gasteiger partial charge in [0, 0.05) is 0 Å². The second kappa shape index (κ2) is 18.2. The smallest absolute Gasteiger partial charge is 0.335 e. The van der Waals surface area contributed by atoms with Gasteiger partial charge in [0.25, 0.3) is 0 Å². The highest BCUT2D eigenvalue weighted by Gasteiger charge is 2.47. The maximum atomic E-state index is 12.5. The Hall–Kier alpha value is -3.42. The van der Waals surface area contributed by atoms with Crippen LogP contribution in [0.1, 0.15) is 41.5 Å². The molecule has 242 valence electrons. The molecule has 6 N–H and O–H groups in total. The van der Waals surface area contributed by atoms with Crippen molar-refractivity contribution in [3.05, 3.63) is 0 Å². The van der Waals surface area contributed by atoms with Crippen LogP contribution in [-0.2, 0) is 57.2 Å². The lowest BCUT2D eigenvalue weighted by atomic mass is 10.0. The number of hydrogen-bond acceptors (Lipinski definition) is 18. The topological polar surface area (TPSA) is 279 Å². The van der Waals surface area contributed by atoms with Gasteiger partial charge in [0.15, 0.2) is 24.4 Å². The summed E-state index contributed by atoms with van der Waals surface area (Å²) >= 11 is 0. The summed E-state index contributed by atoms with van der Waals surface area (Å²) < 4.78 is 30.2. The van der Waals surface area contributed by atoms with Gasteiger partial charge in [-0.05, 0) is 41.5 Å². The van der Waals surface area contributed by atoms with Crippen molar-refractivity contribution in [1.29, 1.82) is 0 Å². The summed E-state index contributed by atoms with van der Waals surface area (Å²) in [5.41, 5.74) is 0. The van der Waals surface area contributed by atoms with Crippen LogP contribution in [0.3, 0.4) is 0 Å². The number of carbonyl (C=O) groups excluding carboxylic acids is 6. The van der Waals surface area contributed by atoms with Crippen LogP contribution in [0, 0.1) is 0 Å². The van der Waals surface area contributed by atoms with Gasteiger partial charge in [0.1, 0.15) is 49.8 Å². The Bertz CT molecular complexity index is 850. The number of esters is 6. The molecule has 18 nitrogen and oxygen atoms in total. The molecule has 0 aromatic carbocycles. The van der Waals surface area contributed by atoms with Crippen molar-refractivity contribution in [3.8, 4) is 0 Å². The second-order valence-corrected chi connectivity index (χ2v) is 9.07. The summed E-state index contributed by atoms with van der Waals surface area (Å²) in [6.07, 6.45) is -19.5. The molecule has 0 aliphatic rings. The van der Waals surface area contributed by atoms with E-state index < -0.39 is 110 Å². The predicted molar refractivity (Wildman–Crippen MR) is 132 cm³/mol. The largest absolute Gasteiger partial charge is 0.460 e. The molecule has 0 aliphatic carbocycles. The summed E-state index contributed by atoms with van der Waals surface area (Å²) in [7, 11) is 0. The summed E-state index contributed by atoms with van der Waals surface area (Å²) in [6, 6.07) is 0.